The van der Waals surface area contributed by atoms with Gasteiger partial charge in [0.2, 0.25) is 0 Å². The minimum atomic E-state index is -0.0569. The van der Waals surface area contributed by atoms with E-state index in [-0.39, 0.29) is 11.0 Å². The molecule has 0 radical (unpaired) electrons. The lowest BCUT2D eigenvalue weighted by Crippen LogP contribution is -2.03. The number of ketones is 1. The second-order valence-corrected chi connectivity index (χ2v) is 4.92. The fraction of sp³-hybridized carbons (Fsp3) is 0.0714. The standard InChI is InChI=1S/C14H10OS/c15-13-11-8-4-5-9-12(11)16-14(13)10-6-2-1-3-7-10/h1-9,14H. The summed E-state index contributed by atoms with van der Waals surface area (Å²) in [6.07, 6.45) is 0. The lowest BCUT2D eigenvalue weighted by molar-refractivity contribution is 0.0991. The molecule has 2 aromatic carbocycles. The van der Waals surface area contributed by atoms with Gasteiger partial charge in [0, 0.05) is 10.5 Å². The molecule has 0 saturated carbocycles. The number of hydrogen-bond acceptors (Lipinski definition) is 2. The Morgan fingerprint density at radius 1 is 0.875 bits per heavy atom. The van der Waals surface area contributed by atoms with E-state index >= 15 is 0 Å². The van der Waals surface area contributed by atoms with Crippen LogP contribution in [0.1, 0.15) is 21.2 Å². The maximum atomic E-state index is 12.2. The molecule has 1 aliphatic heterocycles. The van der Waals surface area contributed by atoms with E-state index in [9.17, 15) is 4.79 Å². The topological polar surface area (TPSA) is 17.1 Å². The Kier molecular flexibility index (Phi) is 2.29. The highest BCUT2D eigenvalue weighted by Gasteiger charge is 2.31. The van der Waals surface area contributed by atoms with Gasteiger partial charge >= 0.3 is 0 Å². The molecule has 1 unspecified atom stereocenters. The molecule has 78 valence electrons. The third-order valence-corrected chi connectivity index (χ3v) is 4.07. The second kappa shape index (κ2) is 3.80. The zero-order valence-corrected chi connectivity index (χ0v) is 9.41. The zero-order valence-electron chi connectivity index (χ0n) is 8.59. The van der Waals surface area contributed by atoms with Crippen LogP contribution in [0.5, 0.6) is 0 Å². The smallest absolute Gasteiger partial charge is 0.181 e. The van der Waals surface area contributed by atoms with E-state index in [2.05, 4.69) is 0 Å². The van der Waals surface area contributed by atoms with Crippen molar-refractivity contribution in [3.8, 4) is 0 Å². The van der Waals surface area contributed by atoms with Gasteiger partial charge in [-0.15, -0.1) is 11.8 Å². The van der Waals surface area contributed by atoms with Crippen LogP contribution in [0.25, 0.3) is 0 Å². The molecule has 16 heavy (non-hydrogen) atoms. The number of carbonyl (C=O) groups is 1. The maximum absolute atomic E-state index is 12.2. The average Bonchev–Trinajstić information content (AvgIpc) is 2.69. The van der Waals surface area contributed by atoms with Gasteiger partial charge in [0.15, 0.2) is 5.78 Å². The van der Waals surface area contributed by atoms with Gasteiger partial charge in [-0.25, -0.2) is 0 Å². The van der Waals surface area contributed by atoms with Crippen LogP contribution in [-0.2, 0) is 0 Å². The molecule has 1 heterocycles. The summed E-state index contributed by atoms with van der Waals surface area (Å²) in [6.45, 7) is 0. The first kappa shape index (κ1) is 9.67. The highest BCUT2D eigenvalue weighted by molar-refractivity contribution is 8.00. The van der Waals surface area contributed by atoms with E-state index in [4.69, 9.17) is 0 Å². The lowest BCUT2D eigenvalue weighted by atomic mass is 10.0. The molecule has 0 amide bonds. The minimum absolute atomic E-state index is 0.0569. The Morgan fingerprint density at radius 3 is 2.31 bits per heavy atom. The van der Waals surface area contributed by atoms with Crippen molar-refractivity contribution in [2.75, 3.05) is 0 Å². The van der Waals surface area contributed by atoms with Crippen LogP contribution in [-0.4, -0.2) is 5.78 Å². The number of hydrogen-bond donors (Lipinski definition) is 0. The minimum Gasteiger partial charge on any atom is -0.292 e. The molecule has 2 aromatic rings. The highest BCUT2D eigenvalue weighted by Crippen LogP contribution is 2.45. The Labute approximate surface area is 98.5 Å². The SMILES string of the molecule is O=C1c2ccccc2SC1c1ccccc1. The van der Waals surface area contributed by atoms with Crippen LogP contribution in [0.3, 0.4) is 0 Å². The zero-order chi connectivity index (χ0) is 11.0. The van der Waals surface area contributed by atoms with Crippen LogP contribution in [0.4, 0.5) is 0 Å². The van der Waals surface area contributed by atoms with Gasteiger partial charge in [-0.1, -0.05) is 48.5 Å². The first-order chi connectivity index (χ1) is 7.86. The Hall–Kier alpha value is -1.54. The number of thioether (sulfide) groups is 1. The summed E-state index contributed by atoms with van der Waals surface area (Å²) in [6, 6.07) is 17.8. The molecule has 0 bridgehead atoms. The summed E-state index contributed by atoms with van der Waals surface area (Å²) >= 11 is 1.65. The molecule has 1 atom stereocenters. The van der Waals surface area contributed by atoms with Crippen LogP contribution in [0, 0.1) is 0 Å². The molecule has 1 nitrogen and oxygen atoms in total. The van der Waals surface area contributed by atoms with Gasteiger partial charge in [-0.05, 0) is 11.6 Å². The van der Waals surface area contributed by atoms with Crippen molar-refractivity contribution in [1.82, 2.24) is 0 Å². The number of Topliss-reactive ketones (excluding diaryl/α,β-unsaturated/α-hetero) is 1. The second-order valence-electron chi connectivity index (χ2n) is 3.77. The van der Waals surface area contributed by atoms with E-state index in [1.54, 1.807) is 11.8 Å². The van der Waals surface area contributed by atoms with Gasteiger partial charge in [0.05, 0.1) is 5.25 Å². The first-order valence-corrected chi connectivity index (χ1v) is 6.09. The van der Waals surface area contributed by atoms with Crippen LogP contribution >= 0.6 is 11.8 Å². The third kappa shape index (κ3) is 1.46. The predicted molar refractivity (Wildman–Crippen MR) is 65.8 cm³/mol. The molecular formula is C14H10OS. The summed E-state index contributed by atoms with van der Waals surface area (Å²) < 4.78 is 0. The summed E-state index contributed by atoms with van der Waals surface area (Å²) in [5, 5.41) is -0.0569. The van der Waals surface area contributed by atoms with E-state index in [0.29, 0.717) is 0 Å². The van der Waals surface area contributed by atoms with Crippen LogP contribution in [0.15, 0.2) is 59.5 Å². The number of fused-ring (bicyclic) bond motifs is 1. The number of benzene rings is 2. The monoisotopic (exact) mass is 226 g/mol. The molecule has 0 aliphatic carbocycles. The number of carbonyl (C=O) groups excluding carboxylic acids is 1. The van der Waals surface area contributed by atoms with Gasteiger partial charge in [0.1, 0.15) is 0 Å². The maximum Gasteiger partial charge on any atom is 0.181 e. The van der Waals surface area contributed by atoms with Crippen molar-refractivity contribution in [1.29, 1.82) is 0 Å². The van der Waals surface area contributed by atoms with E-state index < -0.39 is 0 Å². The summed E-state index contributed by atoms with van der Waals surface area (Å²) in [5.41, 5.74) is 1.95. The average molecular weight is 226 g/mol. The summed E-state index contributed by atoms with van der Waals surface area (Å²) in [7, 11) is 0. The van der Waals surface area contributed by atoms with E-state index in [1.807, 2.05) is 54.6 Å². The Bertz CT molecular complexity index is 533. The molecule has 0 aromatic heterocycles. The first-order valence-electron chi connectivity index (χ1n) is 5.21. The molecule has 0 saturated heterocycles. The summed E-state index contributed by atoms with van der Waals surface area (Å²) in [4.78, 5) is 13.3. The molecule has 3 rings (SSSR count). The van der Waals surface area contributed by atoms with Crippen molar-refractivity contribution < 1.29 is 4.79 Å². The van der Waals surface area contributed by atoms with Gasteiger partial charge in [-0.3, -0.25) is 4.79 Å². The van der Waals surface area contributed by atoms with Crippen LogP contribution in [0.2, 0.25) is 0 Å². The van der Waals surface area contributed by atoms with Gasteiger partial charge < -0.3 is 0 Å². The molecule has 0 fully saturated rings. The largest absolute Gasteiger partial charge is 0.292 e. The molecule has 0 spiro atoms. The fourth-order valence-corrected chi connectivity index (χ4v) is 3.18. The predicted octanol–water partition coefficient (Wildman–Crippen LogP) is 3.72. The van der Waals surface area contributed by atoms with Crippen molar-refractivity contribution in [2.45, 2.75) is 10.1 Å². The third-order valence-electron chi connectivity index (χ3n) is 2.74. The molecule has 1 aliphatic rings. The lowest BCUT2D eigenvalue weighted by Gasteiger charge is -2.06. The van der Waals surface area contributed by atoms with Crippen molar-refractivity contribution in [3.63, 3.8) is 0 Å². The van der Waals surface area contributed by atoms with Crippen LogP contribution < -0.4 is 0 Å². The number of rotatable bonds is 1. The molecule has 0 N–H and O–H groups in total. The molecule has 2 heteroatoms. The van der Waals surface area contributed by atoms with E-state index in [1.165, 1.54) is 0 Å². The Morgan fingerprint density at radius 2 is 1.56 bits per heavy atom. The quantitative estimate of drug-likeness (QED) is 0.737. The van der Waals surface area contributed by atoms with Crippen molar-refractivity contribution >= 4 is 17.5 Å². The van der Waals surface area contributed by atoms with Gasteiger partial charge in [0.25, 0.3) is 0 Å². The molecular weight excluding hydrogens is 216 g/mol. The Balaban J connectivity index is 2.02. The van der Waals surface area contributed by atoms with Gasteiger partial charge in [-0.2, -0.15) is 0 Å². The van der Waals surface area contributed by atoms with E-state index in [0.717, 1.165) is 16.0 Å². The highest BCUT2D eigenvalue weighted by atomic mass is 32.2. The fourth-order valence-electron chi connectivity index (χ4n) is 1.94. The summed E-state index contributed by atoms with van der Waals surface area (Å²) in [5.74, 6) is 0.229. The normalized spacial score (nSPS) is 18.5. The van der Waals surface area contributed by atoms with Crippen molar-refractivity contribution in [3.05, 3.63) is 65.7 Å². The van der Waals surface area contributed by atoms with Crippen molar-refractivity contribution in [2.24, 2.45) is 0 Å².